The van der Waals surface area contributed by atoms with E-state index in [4.69, 9.17) is 9.47 Å². The van der Waals surface area contributed by atoms with Gasteiger partial charge in [0.2, 0.25) is 12.7 Å². The maximum absolute atomic E-state index is 13.6. The zero-order chi connectivity index (χ0) is 17.9. The number of nitrogens with zero attached hydrogens (tertiary/aromatic N) is 1. The molecule has 6 heteroatoms. The average molecular weight is 352 g/mol. The molecule has 0 saturated heterocycles. The predicted octanol–water partition coefficient (Wildman–Crippen LogP) is 3.97. The number of fused-ring (bicyclic) bond motifs is 1. The number of nitrogens with one attached hydrogen (secondary N) is 1. The van der Waals surface area contributed by atoms with Crippen molar-refractivity contribution >= 4 is 11.6 Å². The fourth-order valence-electron chi connectivity index (χ4n) is 3.03. The first kappa shape index (κ1) is 16.2. The number of benzene rings is 2. The second kappa shape index (κ2) is 6.92. The zero-order valence-electron chi connectivity index (χ0n) is 13.9. The van der Waals surface area contributed by atoms with Gasteiger partial charge >= 0.3 is 0 Å². The van der Waals surface area contributed by atoms with E-state index in [0.717, 1.165) is 5.56 Å². The molecular weight excluding hydrogens is 335 g/mol. The van der Waals surface area contributed by atoms with E-state index in [9.17, 15) is 9.18 Å². The number of anilines is 1. The molecule has 2 heterocycles. The molecule has 3 aromatic rings. The zero-order valence-corrected chi connectivity index (χ0v) is 13.9. The van der Waals surface area contributed by atoms with Gasteiger partial charge in [0.25, 0.3) is 0 Å². The molecule has 132 valence electrons. The Balaban J connectivity index is 1.53. The number of amides is 1. The van der Waals surface area contributed by atoms with E-state index in [1.165, 1.54) is 12.1 Å². The molecule has 0 spiro atoms. The molecule has 1 N–H and O–H groups in total. The fourth-order valence-corrected chi connectivity index (χ4v) is 3.03. The molecule has 5 nitrogen and oxygen atoms in total. The van der Waals surface area contributed by atoms with Crippen LogP contribution in [-0.4, -0.2) is 17.3 Å². The van der Waals surface area contributed by atoms with Crippen molar-refractivity contribution in [2.75, 3.05) is 12.1 Å². The normalized spacial score (nSPS) is 13.4. The van der Waals surface area contributed by atoms with E-state index in [0.29, 0.717) is 17.2 Å². The van der Waals surface area contributed by atoms with E-state index in [1.54, 1.807) is 24.3 Å². The summed E-state index contributed by atoms with van der Waals surface area (Å²) in [5, 5.41) is 2.87. The SMILES string of the molecule is O=C(C[C@@H](c1cccc(F)c1)n1cccc1)Nc1ccc2c(c1)OCO2. The second-order valence-electron chi connectivity index (χ2n) is 6.02. The number of carbonyl (C=O) groups excluding carboxylic acids is 1. The molecule has 0 bridgehead atoms. The van der Waals surface area contributed by atoms with Crippen LogP contribution >= 0.6 is 0 Å². The highest BCUT2D eigenvalue weighted by Gasteiger charge is 2.19. The van der Waals surface area contributed by atoms with Crippen molar-refractivity contribution in [2.24, 2.45) is 0 Å². The van der Waals surface area contributed by atoms with Crippen molar-refractivity contribution in [2.45, 2.75) is 12.5 Å². The summed E-state index contributed by atoms with van der Waals surface area (Å²) < 4.78 is 26.1. The van der Waals surface area contributed by atoms with E-state index in [1.807, 2.05) is 35.2 Å². The van der Waals surface area contributed by atoms with Gasteiger partial charge in [0.15, 0.2) is 11.5 Å². The Morgan fingerprint density at radius 2 is 1.88 bits per heavy atom. The Bertz CT molecular complexity index is 925. The fraction of sp³-hybridized carbons (Fsp3) is 0.150. The molecule has 2 aromatic carbocycles. The Morgan fingerprint density at radius 1 is 1.08 bits per heavy atom. The Hall–Kier alpha value is -3.28. The highest BCUT2D eigenvalue weighted by molar-refractivity contribution is 5.91. The molecule has 0 unspecified atom stereocenters. The third kappa shape index (κ3) is 3.39. The Morgan fingerprint density at radius 3 is 2.69 bits per heavy atom. The predicted molar refractivity (Wildman–Crippen MR) is 94.8 cm³/mol. The van der Waals surface area contributed by atoms with Crippen molar-refractivity contribution in [3.63, 3.8) is 0 Å². The molecule has 0 radical (unpaired) electrons. The van der Waals surface area contributed by atoms with Crippen molar-refractivity contribution in [1.29, 1.82) is 0 Å². The maximum atomic E-state index is 13.6. The maximum Gasteiger partial charge on any atom is 0.231 e. The first-order chi connectivity index (χ1) is 12.7. The summed E-state index contributed by atoms with van der Waals surface area (Å²) in [6.45, 7) is 0.183. The van der Waals surface area contributed by atoms with Crippen LogP contribution in [0, 0.1) is 5.82 Å². The minimum Gasteiger partial charge on any atom is -0.454 e. The second-order valence-corrected chi connectivity index (χ2v) is 6.02. The number of ether oxygens (including phenoxy) is 2. The number of aromatic nitrogens is 1. The first-order valence-electron chi connectivity index (χ1n) is 8.26. The highest BCUT2D eigenvalue weighted by Crippen LogP contribution is 2.34. The molecule has 4 rings (SSSR count). The van der Waals surface area contributed by atoms with Gasteiger partial charge in [-0.3, -0.25) is 4.79 Å². The Labute approximate surface area is 150 Å². The van der Waals surface area contributed by atoms with E-state index >= 15 is 0 Å². The molecule has 0 fully saturated rings. The van der Waals surface area contributed by atoms with Crippen molar-refractivity contribution in [3.05, 3.63) is 78.4 Å². The first-order valence-corrected chi connectivity index (χ1v) is 8.26. The van der Waals surface area contributed by atoms with Crippen LogP contribution in [0.1, 0.15) is 18.0 Å². The third-order valence-corrected chi connectivity index (χ3v) is 4.26. The van der Waals surface area contributed by atoms with Gasteiger partial charge in [-0.05, 0) is 42.0 Å². The van der Waals surface area contributed by atoms with Gasteiger partial charge in [-0.15, -0.1) is 0 Å². The molecule has 1 aliphatic heterocycles. The topological polar surface area (TPSA) is 52.5 Å². The minimum atomic E-state index is -0.323. The van der Waals surface area contributed by atoms with Gasteiger partial charge in [0, 0.05) is 24.1 Å². The van der Waals surface area contributed by atoms with Crippen LogP contribution in [0.2, 0.25) is 0 Å². The molecule has 1 aliphatic rings. The largest absolute Gasteiger partial charge is 0.454 e. The summed E-state index contributed by atoms with van der Waals surface area (Å²) in [6.07, 6.45) is 3.90. The van der Waals surface area contributed by atoms with Crippen LogP contribution in [0.15, 0.2) is 67.0 Å². The van der Waals surface area contributed by atoms with Crippen LogP contribution < -0.4 is 14.8 Å². The van der Waals surface area contributed by atoms with Crippen LogP contribution in [0.3, 0.4) is 0 Å². The van der Waals surface area contributed by atoms with Crippen LogP contribution in [0.5, 0.6) is 11.5 Å². The smallest absolute Gasteiger partial charge is 0.231 e. The summed E-state index contributed by atoms with van der Waals surface area (Å²) in [6, 6.07) is 15.0. The lowest BCUT2D eigenvalue weighted by atomic mass is 10.0. The lowest BCUT2D eigenvalue weighted by molar-refractivity contribution is -0.116. The molecule has 1 aromatic heterocycles. The number of halogens is 1. The van der Waals surface area contributed by atoms with E-state index in [-0.39, 0.29) is 31.0 Å². The highest BCUT2D eigenvalue weighted by atomic mass is 19.1. The van der Waals surface area contributed by atoms with Gasteiger partial charge < -0.3 is 19.4 Å². The summed E-state index contributed by atoms with van der Waals surface area (Å²) in [4.78, 5) is 12.6. The van der Waals surface area contributed by atoms with Crippen molar-refractivity contribution in [1.82, 2.24) is 4.57 Å². The van der Waals surface area contributed by atoms with Gasteiger partial charge in [0.05, 0.1) is 12.5 Å². The lowest BCUT2D eigenvalue weighted by Crippen LogP contribution is -2.19. The molecule has 26 heavy (non-hydrogen) atoms. The van der Waals surface area contributed by atoms with Gasteiger partial charge in [-0.2, -0.15) is 0 Å². The number of hydrogen-bond donors (Lipinski definition) is 1. The number of carbonyl (C=O) groups is 1. The molecule has 0 aliphatic carbocycles. The summed E-state index contributed by atoms with van der Waals surface area (Å²) in [7, 11) is 0. The van der Waals surface area contributed by atoms with Crippen LogP contribution in [0.4, 0.5) is 10.1 Å². The van der Waals surface area contributed by atoms with E-state index < -0.39 is 0 Å². The minimum absolute atomic E-state index is 0.173. The summed E-state index contributed by atoms with van der Waals surface area (Å²) in [5.41, 5.74) is 1.37. The molecule has 0 saturated carbocycles. The third-order valence-electron chi connectivity index (χ3n) is 4.26. The van der Waals surface area contributed by atoms with Crippen LogP contribution in [0.25, 0.3) is 0 Å². The molecular formula is C20H17FN2O3. The van der Waals surface area contributed by atoms with Crippen LogP contribution in [-0.2, 0) is 4.79 Å². The molecule has 1 amide bonds. The summed E-state index contributed by atoms with van der Waals surface area (Å²) in [5.74, 6) is 0.769. The van der Waals surface area contributed by atoms with Crippen molar-refractivity contribution < 1.29 is 18.7 Å². The lowest BCUT2D eigenvalue weighted by Gasteiger charge is -2.19. The number of hydrogen-bond acceptors (Lipinski definition) is 3. The van der Waals surface area contributed by atoms with Crippen molar-refractivity contribution in [3.8, 4) is 11.5 Å². The standard InChI is InChI=1S/C20H17FN2O3/c21-15-5-3-4-14(10-15)17(23-8-1-2-9-23)12-20(24)22-16-6-7-18-19(11-16)26-13-25-18/h1-11,17H,12-13H2,(H,22,24)/t17-/m0/s1. The number of rotatable bonds is 5. The van der Waals surface area contributed by atoms with E-state index in [2.05, 4.69) is 5.32 Å². The van der Waals surface area contributed by atoms with Gasteiger partial charge in [-0.25, -0.2) is 4.39 Å². The average Bonchev–Trinajstić information content (AvgIpc) is 3.31. The van der Waals surface area contributed by atoms with Gasteiger partial charge in [-0.1, -0.05) is 12.1 Å². The Kier molecular flexibility index (Phi) is 4.31. The van der Waals surface area contributed by atoms with Gasteiger partial charge in [0.1, 0.15) is 5.82 Å². The monoisotopic (exact) mass is 352 g/mol. The summed E-state index contributed by atoms with van der Waals surface area (Å²) >= 11 is 0. The molecule has 1 atom stereocenters. The quantitative estimate of drug-likeness (QED) is 0.756.